The van der Waals surface area contributed by atoms with Gasteiger partial charge in [0.2, 0.25) is 0 Å². The van der Waals surface area contributed by atoms with E-state index in [-0.39, 0.29) is 72.2 Å². The average Bonchev–Trinajstić information content (AvgIpc) is 2.97. The molecular formula is C27H50N4O13P4. The van der Waals surface area contributed by atoms with E-state index in [0.29, 0.717) is 30.1 Å². The van der Waals surface area contributed by atoms with E-state index in [1.807, 2.05) is 0 Å². The van der Waals surface area contributed by atoms with Crippen molar-refractivity contribution in [2.24, 2.45) is 0 Å². The quantitative estimate of drug-likeness (QED) is 0.0559. The van der Waals surface area contributed by atoms with Crippen LogP contribution >= 0.6 is 32.6 Å². The summed E-state index contributed by atoms with van der Waals surface area (Å²) in [6.07, 6.45) is -0.565. The molecular weight excluding hydrogens is 712 g/mol. The lowest BCUT2D eigenvalue weighted by atomic mass is 10.2. The highest BCUT2D eigenvalue weighted by Crippen LogP contribution is 2.53. The van der Waals surface area contributed by atoms with Crippen LogP contribution in [0.4, 0.5) is 4.79 Å². The number of carbonyl (C=O) groups is 1. The Hall–Kier alpha value is -1.44. The number of nitrogens with one attached hydrogen (secondary N) is 1. The highest BCUT2D eigenvalue weighted by atomic mass is 31.2. The Bertz CT molecular complexity index is 1140. The zero-order valence-corrected chi connectivity index (χ0v) is 32.4. The van der Waals surface area contributed by atoms with Crippen molar-refractivity contribution in [3.63, 3.8) is 0 Å². The van der Waals surface area contributed by atoms with Crippen molar-refractivity contribution in [2.75, 3.05) is 65.6 Å². The van der Waals surface area contributed by atoms with E-state index in [9.17, 15) is 23.1 Å². The molecule has 0 aliphatic carbocycles. The average molecular weight is 763 g/mol. The van der Waals surface area contributed by atoms with E-state index < -0.39 is 44.3 Å². The monoisotopic (exact) mass is 762 g/mol. The number of carbonyl (C=O) groups excluding carboxylic acids is 1. The first-order valence-electron chi connectivity index (χ1n) is 15.4. The van der Waals surface area contributed by atoms with Gasteiger partial charge in [0.1, 0.15) is 37.4 Å². The van der Waals surface area contributed by atoms with Gasteiger partial charge in [-0.1, -0.05) is 0 Å². The van der Waals surface area contributed by atoms with Crippen LogP contribution in [0.5, 0.6) is 5.75 Å². The number of ether oxygens (including phenoxy) is 2. The second-order valence-corrected chi connectivity index (χ2v) is 15.8. The van der Waals surface area contributed by atoms with Crippen molar-refractivity contribution in [1.29, 1.82) is 0 Å². The van der Waals surface area contributed by atoms with Crippen LogP contribution in [0.15, 0.2) is 12.1 Å². The van der Waals surface area contributed by atoms with Gasteiger partial charge in [0, 0.05) is 31.8 Å². The molecule has 0 saturated carbocycles. The first-order chi connectivity index (χ1) is 22.7. The van der Waals surface area contributed by atoms with Crippen LogP contribution in [0.2, 0.25) is 0 Å². The predicted octanol–water partition coefficient (Wildman–Crippen LogP) is 6.79. The Balaban J connectivity index is 3.40. The maximum absolute atomic E-state index is 13.6. The lowest BCUT2D eigenvalue weighted by Gasteiger charge is -2.29. The molecule has 0 atom stereocenters. The maximum Gasteiger partial charge on any atom is 0.407 e. The molecule has 1 N–H and O–H groups in total. The van der Waals surface area contributed by atoms with E-state index >= 15 is 0 Å². The van der Waals surface area contributed by atoms with Gasteiger partial charge in [-0.25, -0.2) is 13.9 Å². The zero-order valence-electron chi connectivity index (χ0n) is 28.8. The molecule has 0 aromatic carbocycles. The van der Waals surface area contributed by atoms with Crippen LogP contribution in [0, 0.1) is 0 Å². The van der Waals surface area contributed by atoms with Gasteiger partial charge in [-0.3, -0.25) is 33.0 Å². The number of hydrogen-bond acceptors (Lipinski definition) is 16. The summed E-state index contributed by atoms with van der Waals surface area (Å²) >= 11 is 0. The van der Waals surface area contributed by atoms with Gasteiger partial charge in [-0.2, -0.15) is 0 Å². The summed E-state index contributed by atoms with van der Waals surface area (Å²) in [6.45, 7) is 12.9. The molecule has 1 amide bonds. The van der Waals surface area contributed by atoms with Crippen LogP contribution in [-0.2, 0) is 63.2 Å². The number of aromatic nitrogens is 1. The van der Waals surface area contributed by atoms with Gasteiger partial charge in [-0.05, 0) is 54.9 Å². The molecule has 1 rings (SSSR count). The van der Waals surface area contributed by atoms with Crippen LogP contribution in [-0.4, -0.2) is 92.1 Å². The SMILES string of the molecule is CCOP(=O)(CN(Cc1cc(OCCCNC(=O)OC(C)(C)C)cc(CN(COP=O)COP=O)n1)CP(=O)(OCC)OCC)OCC. The van der Waals surface area contributed by atoms with Crippen molar-refractivity contribution in [3.8, 4) is 5.75 Å². The van der Waals surface area contributed by atoms with E-state index in [1.165, 1.54) is 0 Å². The Labute approximate surface area is 286 Å². The molecule has 0 saturated heterocycles. The lowest BCUT2D eigenvalue weighted by molar-refractivity contribution is 0.0524. The zero-order chi connectivity index (χ0) is 36.1. The van der Waals surface area contributed by atoms with Gasteiger partial charge >= 0.3 is 38.7 Å². The number of alkyl carbamates (subject to hydrolysis) is 1. The third-order valence-electron chi connectivity index (χ3n) is 5.57. The van der Waals surface area contributed by atoms with E-state index in [1.54, 1.807) is 70.4 Å². The molecule has 0 radical (unpaired) electrons. The first kappa shape index (κ1) is 44.6. The molecule has 0 aliphatic heterocycles. The second-order valence-electron chi connectivity index (χ2n) is 10.9. The van der Waals surface area contributed by atoms with Gasteiger partial charge in [0.15, 0.2) is 0 Å². The van der Waals surface area contributed by atoms with Crippen LogP contribution < -0.4 is 10.1 Å². The lowest BCUT2D eigenvalue weighted by Crippen LogP contribution is -2.33. The van der Waals surface area contributed by atoms with Crippen molar-refractivity contribution in [3.05, 3.63) is 23.5 Å². The molecule has 1 heterocycles. The molecule has 1 aromatic rings. The first-order valence-corrected chi connectivity index (χ1v) is 20.4. The molecule has 48 heavy (non-hydrogen) atoms. The molecule has 0 aliphatic rings. The number of amides is 1. The van der Waals surface area contributed by atoms with Gasteiger partial charge in [0.05, 0.1) is 44.4 Å². The molecule has 0 bridgehead atoms. The van der Waals surface area contributed by atoms with Crippen molar-refractivity contribution in [2.45, 2.75) is 73.6 Å². The van der Waals surface area contributed by atoms with Gasteiger partial charge in [0.25, 0.3) is 0 Å². The van der Waals surface area contributed by atoms with E-state index in [2.05, 4.69) is 5.32 Å². The van der Waals surface area contributed by atoms with Crippen LogP contribution in [0.25, 0.3) is 0 Å². The minimum absolute atomic E-state index is 0.00400. The minimum Gasteiger partial charge on any atom is -0.493 e. The fraction of sp³-hybridized carbons (Fsp3) is 0.778. The second kappa shape index (κ2) is 23.9. The summed E-state index contributed by atoms with van der Waals surface area (Å²) in [5.74, 6) is 0.411. The summed E-state index contributed by atoms with van der Waals surface area (Å²) in [7, 11) is -8.45. The third-order valence-corrected chi connectivity index (χ3v) is 10.1. The van der Waals surface area contributed by atoms with E-state index in [4.69, 9.17) is 41.6 Å². The van der Waals surface area contributed by atoms with Crippen LogP contribution in [0.1, 0.15) is 66.3 Å². The summed E-state index contributed by atoms with van der Waals surface area (Å²) in [5, 5.41) is 2.68. The Kier molecular flexibility index (Phi) is 22.2. The molecule has 21 heteroatoms. The normalized spacial score (nSPS) is 12.7. The predicted molar refractivity (Wildman–Crippen MR) is 178 cm³/mol. The maximum atomic E-state index is 13.6. The Morgan fingerprint density at radius 1 is 0.812 bits per heavy atom. The highest BCUT2D eigenvalue weighted by molar-refractivity contribution is 7.54. The Morgan fingerprint density at radius 2 is 1.27 bits per heavy atom. The fourth-order valence-electron chi connectivity index (χ4n) is 4.09. The Morgan fingerprint density at radius 3 is 1.69 bits per heavy atom. The van der Waals surface area contributed by atoms with Crippen LogP contribution in [0.3, 0.4) is 0 Å². The standard InChI is InChI=1S/C27H50N4O13P4/c1-8-40-47(35,41-9-2)21-31(22-48(36,42-10-3)43-11-4)18-24-16-25(37-14-12-13-28-26(32)44-27(5,6)7)15-23(29-24)17-30(19-38-45-33)20-39-46-34/h15-16H,8-14,17-22H2,1-7H3,(H,28,32). The number of nitrogens with zero attached hydrogens (tertiary/aromatic N) is 3. The summed E-state index contributed by atoms with van der Waals surface area (Å²) in [4.78, 5) is 19.8. The minimum atomic E-state index is -3.67. The smallest absolute Gasteiger partial charge is 0.407 e. The molecule has 0 fully saturated rings. The number of hydrogen-bond donors (Lipinski definition) is 1. The van der Waals surface area contributed by atoms with Crippen molar-refractivity contribution < 1.29 is 59.7 Å². The molecule has 0 unspecified atom stereocenters. The topological polar surface area (TPSA) is 191 Å². The fourth-order valence-corrected chi connectivity index (χ4v) is 8.10. The number of pyridine rings is 1. The summed E-state index contributed by atoms with van der Waals surface area (Å²) < 4.78 is 92.3. The molecule has 1 aromatic heterocycles. The van der Waals surface area contributed by atoms with Gasteiger partial charge < -0.3 is 32.9 Å². The van der Waals surface area contributed by atoms with E-state index in [0.717, 1.165) is 0 Å². The van der Waals surface area contributed by atoms with Crippen molar-refractivity contribution >= 4 is 38.7 Å². The molecule has 0 spiro atoms. The third kappa shape index (κ3) is 19.7. The molecule has 17 nitrogen and oxygen atoms in total. The highest BCUT2D eigenvalue weighted by Gasteiger charge is 2.34. The van der Waals surface area contributed by atoms with Gasteiger partial charge in [-0.15, -0.1) is 0 Å². The number of rotatable bonds is 27. The summed E-state index contributed by atoms with van der Waals surface area (Å²) in [6, 6.07) is 3.34. The summed E-state index contributed by atoms with van der Waals surface area (Å²) in [5.41, 5.74) is 0.266. The molecule has 276 valence electrons. The van der Waals surface area contributed by atoms with Crippen molar-refractivity contribution in [1.82, 2.24) is 20.1 Å². The largest absolute Gasteiger partial charge is 0.493 e.